The second-order valence-electron chi connectivity index (χ2n) is 6.24. The van der Waals surface area contributed by atoms with Gasteiger partial charge in [-0.3, -0.25) is 4.79 Å². The first-order valence-corrected chi connectivity index (χ1v) is 9.02. The van der Waals surface area contributed by atoms with Crippen LogP contribution in [0.15, 0.2) is 64.3 Å². The van der Waals surface area contributed by atoms with Gasteiger partial charge in [0, 0.05) is 15.7 Å². The number of phenols is 1. The first-order chi connectivity index (χ1) is 12.9. The van der Waals surface area contributed by atoms with E-state index in [1.54, 1.807) is 29.8 Å². The fourth-order valence-electron chi connectivity index (χ4n) is 3.22. The molecule has 2 heterocycles. The molecule has 3 aromatic rings. The maximum Gasteiger partial charge on any atom is 0.248 e. The number of primary amides is 1. The lowest BCUT2D eigenvalue weighted by molar-refractivity contribution is -0.115. The molecule has 0 fully saturated rings. The number of halogens is 1. The number of benzene rings is 2. The van der Waals surface area contributed by atoms with Gasteiger partial charge in [-0.15, -0.1) is 5.10 Å². The molecule has 0 saturated heterocycles. The van der Waals surface area contributed by atoms with Crippen LogP contribution in [0.2, 0.25) is 0 Å². The zero-order chi connectivity index (χ0) is 19.1. The first-order valence-electron chi connectivity index (χ1n) is 8.23. The van der Waals surface area contributed by atoms with E-state index in [1.807, 2.05) is 30.3 Å². The van der Waals surface area contributed by atoms with Crippen molar-refractivity contribution in [3.63, 3.8) is 0 Å². The van der Waals surface area contributed by atoms with Gasteiger partial charge in [0.25, 0.3) is 0 Å². The molecule has 7 nitrogen and oxygen atoms in total. The Kier molecular flexibility index (Phi) is 4.19. The van der Waals surface area contributed by atoms with Crippen LogP contribution in [0.25, 0.3) is 11.4 Å². The maximum absolute atomic E-state index is 12.2. The summed E-state index contributed by atoms with van der Waals surface area (Å²) in [6.07, 6.45) is 0. The molecule has 0 radical (unpaired) electrons. The third-order valence-electron chi connectivity index (χ3n) is 4.39. The van der Waals surface area contributed by atoms with Crippen molar-refractivity contribution in [3.8, 4) is 17.1 Å². The fourth-order valence-corrected chi connectivity index (χ4v) is 3.64. The smallest absolute Gasteiger partial charge is 0.248 e. The first kappa shape index (κ1) is 17.3. The van der Waals surface area contributed by atoms with Gasteiger partial charge >= 0.3 is 0 Å². The van der Waals surface area contributed by atoms with Crippen molar-refractivity contribution in [3.05, 3.63) is 69.8 Å². The number of fused-ring (bicyclic) bond motifs is 1. The van der Waals surface area contributed by atoms with Crippen molar-refractivity contribution in [2.45, 2.75) is 13.0 Å². The Bertz CT molecular complexity index is 1090. The number of anilines is 1. The van der Waals surface area contributed by atoms with Gasteiger partial charge in [-0.25, -0.2) is 4.68 Å². The second kappa shape index (κ2) is 6.55. The minimum Gasteiger partial charge on any atom is -0.508 e. The summed E-state index contributed by atoms with van der Waals surface area (Å²) in [5, 5.41) is 17.4. The standard InChI is InChI=1S/C19H16BrN5O2/c1-10-15(17(21)27)16(11-4-2-6-13(20)8-11)25-19(22-10)23-18(24-25)12-5-3-7-14(26)9-12/h2-9,16,26H,1H3,(H2,21,27)(H,22,23,24). The van der Waals surface area contributed by atoms with E-state index in [-0.39, 0.29) is 5.75 Å². The van der Waals surface area contributed by atoms with Crippen molar-refractivity contribution in [2.75, 3.05) is 5.32 Å². The maximum atomic E-state index is 12.2. The van der Waals surface area contributed by atoms with Crippen LogP contribution in [-0.2, 0) is 4.79 Å². The highest BCUT2D eigenvalue weighted by Crippen LogP contribution is 2.36. The SMILES string of the molecule is CC1=C(C(N)=O)C(c2cccc(Br)c2)n2nc(-c3cccc(O)c3)nc2N1. The van der Waals surface area contributed by atoms with Gasteiger partial charge in [-0.1, -0.05) is 40.2 Å². The van der Waals surface area contributed by atoms with Gasteiger partial charge in [0.2, 0.25) is 11.9 Å². The summed E-state index contributed by atoms with van der Waals surface area (Å²) < 4.78 is 2.53. The lowest BCUT2D eigenvalue weighted by Gasteiger charge is -2.27. The van der Waals surface area contributed by atoms with E-state index in [0.29, 0.717) is 28.6 Å². The van der Waals surface area contributed by atoms with Gasteiger partial charge < -0.3 is 16.2 Å². The highest BCUT2D eigenvalue weighted by atomic mass is 79.9. The quantitative estimate of drug-likeness (QED) is 0.597. The molecule has 1 unspecified atom stereocenters. The van der Waals surface area contributed by atoms with Crippen LogP contribution in [0.5, 0.6) is 5.75 Å². The van der Waals surface area contributed by atoms with Crippen molar-refractivity contribution >= 4 is 27.8 Å². The van der Waals surface area contributed by atoms with Crippen molar-refractivity contribution in [1.82, 2.24) is 14.8 Å². The molecule has 2 aromatic carbocycles. The Balaban J connectivity index is 1.90. The number of allylic oxidation sites excluding steroid dienone is 1. The summed E-state index contributed by atoms with van der Waals surface area (Å²) in [6.45, 7) is 1.79. The van der Waals surface area contributed by atoms with Gasteiger partial charge in [0.1, 0.15) is 11.8 Å². The molecule has 4 rings (SSSR count). The summed E-state index contributed by atoms with van der Waals surface area (Å²) in [4.78, 5) is 16.7. The number of rotatable bonds is 3. The number of nitrogens with one attached hydrogen (secondary N) is 1. The molecular weight excluding hydrogens is 410 g/mol. The molecular formula is C19H16BrN5O2. The molecule has 27 heavy (non-hydrogen) atoms. The van der Waals surface area contributed by atoms with Gasteiger partial charge in [0.15, 0.2) is 5.82 Å². The van der Waals surface area contributed by atoms with Crippen molar-refractivity contribution < 1.29 is 9.90 Å². The van der Waals surface area contributed by atoms with Gasteiger partial charge in [-0.05, 0) is 36.8 Å². The largest absolute Gasteiger partial charge is 0.508 e. The molecule has 1 aliphatic rings. The van der Waals surface area contributed by atoms with E-state index >= 15 is 0 Å². The van der Waals surface area contributed by atoms with Crippen LogP contribution in [-0.4, -0.2) is 25.8 Å². The highest BCUT2D eigenvalue weighted by molar-refractivity contribution is 9.10. The van der Waals surface area contributed by atoms with Crippen molar-refractivity contribution in [2.24, 2.45) is 5.73 Å². The zero-order valence-corrected chi connectivity index (χ0v) is 15.9. The molecule has 8 heteroatoms. The lowest BCUT2D eigenvalue weighted by atomic mass is 9.95. The Morgan fingerprint density at radius 1 is 1.26 bits per heavy atom. The second-order valence-corrected chi connectivity index (χ2v) is 7.16. The van der Waals surface area contributed by atoms with Gasteiger partial charge in [0.05, 0.1) is 5.57 Å². The Morgan fingerprint density at radius 3 is 2.74 bits per heavy atom. The van der Waals surface area contributed by atoms with Crippen LogP contribution >= 0.6 is 15.9 Å². The van der Waals surface area contributed by atoms with E-state index in [4.69, 9.17) is 5.73 Å². The van der Waals surface area contributed by atoms with E-state index in [0.717, 1.165) is 10.0 Å². The number of carbonyl (C=O) groups is 1. The van der Waals surface area contributed by atoms with E-state index in [9.17, 15) is 9.90 Å². The van der Waals surface area contributed by atoms with E-state index in [2.05, 4.69) is 31.3 Å². The number of aromatic nitrogens is 3. The highest BCUT2D eigenvalue weighted by Gasteiger charge is 2.33. The van der Waals surface area contributed by atoms with Crippen molar-refractivity contribution in [1.29, 1.82) is 0 Å². The van der Waals surface area contributed by atoms with E-state index in [1.165, 1.54) is 0 Å². The third kappa shape index (κ3) is 3.08. The number of phenolic OH excluding ortho intramolecular Hbond substituents is 1. The molecule has 4 N–H and O–H groups in total. The number of nitrogens with zero attached hydrogens (tertiary/aromatic N) is 3. The summed E-state index contributed by atoms with van der Waals surface area (Å²) >= 11 is 3.47. The van der Waals surface area contributed by atoms with Crippen LogP contribution in [0.1, 0.15) is 18.5 Å². The molecule has 1 aromatic heterocycles. The fraction of sp³-hybridized carbons (Fsp3) is 0.105. The topological polar surface area (TPSA) is 106 Å². The predicted molar refractivity (Wildman–Crippen MR) is 105 cm³/mol. The predicted octanol–water partition coefficient (Wildman–Crippen LogP) is 3.19. The summed E-state index contributed by atoms with van der Waals surface area (Å²) in [7, 11) is 0. The minimum atomic E-state index is -0.523. The average molecular weight is 426 g/mol. The molecule has 0 aliphatic carbocycles. The molecule has 0 bridgehead atoms. The number of hydrogen-bond acceptors (Lipinski definition) is 5. The number of aromatic hydroxyl groups is 1. The molecule has 1 aliphatic heterocycles. The number of amides is 1. The van der Waals surface area contributed by atoms with E-state index < -0.39 is 11.9 Å². The van der Waals surface area contributed by atoms with Crippen LogP contribution in [0, 0.1) is 0 Å². The van der Waals surface area contributed by atoms with Gasteiger partial charge in [-0.2, -0.15) is 4.98 Å². The Hall–Kier alpha value is -3.13. The minimum absolute atomic E-state index is 0.129. The summed E-state index contributed by atoms with van der Waals surface area (Å²) in [5.41, 5.74) is 8.26. The Morgan fingerprint density at radius 2 is 2.04 bits per heavy atom. The average Bonchev–Trinajstić information content (AvgIpc) is 3.03. The number of hydrogen-bond donors (Lipinski definition) is 3. The third-order valence-corrected chi connectivity index (χ3v) is 4.88. The molecule has 0 saturated carbocycles. The molecule has 1 amide bonds. The van der Waals surface area contributed by atoms with Crippen LogP contribution in [0.3, 0.4) is 0 Å². The number of carbonyl (C=O) groups excluding carboxylic acids is 1. The van der Waals surface area contributed by atoms with Crippen LogP contribution in [0.4, 0.5) is 5.95 Å². The normalized spacial score (nSPS) is 16.0. The summed E-state index contributed by atoms with van der Waals surface area (Å²) in [6, 6.07) is 13.8. The Labute approximate surface area is 163 Å². The zero-order valence-electron chi connectivity index (χ0n) is 14.3. The lowest BCUT2D eigenvalue weighted by Crippen LogP contribution is -2.31. The summed E-state index contributed by atoms with van der Waals surface area (Å²) in [5.74, 6) is 0.543. The molecule has 1 atom stereocenters. The monoisotopic (exact) mass is 425 g/mol. The molecule has 136 valence electrons. The number of nitrogens with two attached hydrogens (primary N) is 1. The molecule has 0 spiro atoms. The van der Waals surface area contributed by atoms with Crippen LogP contribution < -0.4 is 11.1 Å².